The summed E-state index contributed by atoms with van der Waals surface area (Å²) < 4.78 is 51.6. The van der Waals surface area contributed by atoms with E-state index < -0.39 is 22.1 Å². The monoisotopic (exact) mass is 440 g/mol. The van der Waals surface area contributed by atoms with Crippen LogP contribution in [0, 0.1) is 0 Å². The number of nitrogens with one attached hydrogen (secondary N) is 1. The number of anilines is 1. The molecule has 0 radical (unpaired) electrons. The third kappa shape index (κ3) is 5.05. The van der Waals surface area contributed by atoms with E-state index in [1.807, 2.05) is 0 Å². The van der Waals surface area contributed by atoms with Gasteiger partial charge in [-0.15, -0.1) is 0 Å². The lowest BCUT2D eigenvalue weighted by molar-refractivity contribution is -0.117. The van der Waals surface area contributed by atoms with Gasteiger partial charge < -0.3 is 34.2 Å². The van der Waals surface area contributed by atoms with E-state index in [2.05, 4.69) is 5.32 Å². The van der Waals surface area contributed by atoms with Gasteiger partial charge in [0.05, 0.1) is 40.2 Å². The van der Waals surface area contributed by atoms with Crippen molar-refractivity contribution in [2.75, 3.05) is 33.8 Å². The normalized spacial score (nSPS) is 11.9. The number of ether oxygens (including phenoxy) is 4. The fraction of sp³-hybridized carbons (Fsp3) is 0.316. The molecule has 1 atom stereocenters. The summed E-state index contributed by atoms with van der Waals surface area (Å²) in [4.78, 5) is 11.7. The van der Waals surface area contributed by atoms with Gasteiger partial charge in [0, 0.05) is 12.1 Å². The van der Waals surface area contributed by atoms with Crippen molar-refractivity contribution in [3.63, 3.8) is 0 Å². The van der Waals surface area contributed by atoms with Gasteiger partial charge in [-0.05, 0) is 25.1 Å². The summed E-state index contributed by atoms with van der Waals surface area (Å²) in [6.07, 6.45) is 0. The molecule has 0 fully saturated rings. The highest BCUT2D eigenvalue weighted by atomic mass is 32.2. The first-order valence-corrected chi connectivity index (χ1v) is 10.1. The smallest absolute Gasteiger partial charge is 0.339 e. The Bertz CT molecular complexity index is 996. The van der Waals surface area contributed by atoms with Crippen LogP contribution in [0.2, 0.25) is 0 Å². The van der Waals surface area contributed by atoms with E-state index in [-0.39, 0.29) is 39.3 Å². The van der Waals surface area contributed by atoms with Gasteiger partial charge in [0.25, 0.3) is 0 Å². The van der Waals surface area contributed by atoms with E-state index in [0.717, 1.165) is 0 Å². The van der Waals surface area contributed by atoms with Crippen molar-refractivity contribution >= 4 is 21.7 Å². The van der Waals surface area contributed by atoms with Gasteiger partial charge in [-0.25, -0.2) is 0 Å². The first-order chi connectivity index (χ1) is 14.2. The maximum Gasteiger partial charge on any atom is 0.339 e. The zero-order chi connectivity index (χ0) is 22.5. The molecule has 164 valence electrons. The number of carbonyl (C=O) groups is 1. The van der Waals surface area contributed by atoms with Crippen molar-refractivity contribution in [1.82, 2.24) is 0 Å². The maximum absolute atomic E-state index is 12.8. The molecule has 0 bridgehead atoms. The highest BCUT2D eigenvalue weighted by Crippen LogP contribution is 2.41. The van der Waals surface area contributed by atoms with Crippen molar-refractivity contribution < 1.29 is 36.3 Å². The van der Waals surface area contributed by atoms with E-state index in [0.29, 0.717) is 0 Å². The van der Waals surface area contributed by atoms with Gasteiger partial charge in [-0.2, -0.15) is 8.42 Å². The summed E-state index contributed by atoms with van der Waals surface area (Å²) in [7, 11) is 1.32. The third-order valence-electron chi connectivity index (χ3n) is 3.98. The average Bonchev–Trinajstić information content (AvgIpc) is 2.72. The summed E-state index contributed by atoms with van der Waals surface area (Å²) in [6, 6.07) is 5.79. The molecule has 2 rings (SSSR count). The number of amides is 1. The van der Waals surface area contributed by atoms with Crippen LogP contribution in [-0.4, -0.2) is 48.8 Å². The second-order valence-electron chi connectivity index (χ2n) is 6.04. The summed E-state index contributed by atoms with van der Waals surface area (Å²) in [5.41, 5.74) is 5.68. The average molecular weight is 440 g/mol. The molecule has 0 spiro atoms. The minimum Gasteiger partial charge on any atom is -0.495 e. The van der Waals surface area contributed by atoms with Crippen LogP contribution in [0.15, 0.2) is 35.2 Å². The van der Waals surface area contributed by atoms with E-state index in [1.165, 1.54) is 65.7 Å². The van der Waals surface area contributed by atoms with Crippen LogP contribution >= 0.6 is 0 Å². The number of rotatable bonds is 9. The van der Waals surface area contributed by atoms with Crippen LogP contribution in [0.5, 0.6) is 28.7 Å². The van der Waals surface area contributed by atoms with Crippen molar-refractivity contribution in [2.45, 2.75) is 17.9 Å². The molecule has 0 heterocycles. The molecule has 3 N–H and O–H groups in total. The molecular weight excluding hydrogens is 416 g/mol. The van der Waals surface area contributed by atoms with Gasteiger partial charge in [0.1, 0.15) is 10.6 Å². The first kappa shape index (κ1) is 23.1. The summed E-state index contributed by atoms with van der Waals surface area (Å²) in [6.45, 7) is 1.50. The van der Waals surface area contributed by atoms with E-state index >= 15 is 0 Å². The van der Waals surface area contributed by atoms with E-state index in [1.54, 1.807) is 0 Å². The van der Waals surface area contributed by atoms with Crippen LogP contribution in [0.25, 0.3) is 0 Å². The number of carbonyl (C=O) groups excluding carboxylic acids is 1. The summed E-state index contributed by atoms with van der Waals surface area (Å²) in [5, 5.41) is 2.52. The molecule has 2 aromatic carbocycles. The minimum atomic E-state index is -4.28. The first-order valence-electron chi connectivity index (χ1n) is 8.65. The Labute approximate surface area is 174 Å². The fourth-order valence-electron chi connectivity index (χ4n) is 2.47. The Balaban J connectivity index is 2.43. The molecule has 1 amide bonds. The van der Waals surface area contributed by atoms with Crippen molar-refractivity contribution in [3.8, 4) is 28.7 Å². The molecule has 0 aliphatic carbocycles. The number of methoxy groups -OCH3 is 4. The maximum atomic E-state index is 12.8. The number of hydrogen-bond acceptors (Lipinski definition) is 9. The minimum absolute atomic E-state index is 0.0542. The fourth-order valence-corrected chi connectivity index (χ4v) is 3.41. The highest BCUT2D eigenvalue weighted by molar-refractivity contribution is 7.87. The van der Waals surface area contributed by atoms with Crippen LogP contribution in [0.3, 0.4) is 0 Å². The summed E-state index contributed by atoms with van der Waals surface area (Å²) in [5.74, 6) is 0.434. The van der Waals surface area contributed by atoms with Gasteiger partial charge in [0.2, 0.25) is 11.7 Å². The quantitative estimate of drug-likeness (QED) is 0.559. The number of nitrogens with two attached hydrogens (primary N) is 1. The predicted octanol–water partition coefficient (Wildman–Crippen LogP) is 1.77. The molecule has 2 aromatic rings. The zero-order valence-corrected chi connectivity index (χ0v) is 18.0. The highest BCUT2D eigenvalue weighted by Gasteiger charge is 2.23. The van der Waals surface area contributed by atoms with Crippen molar-refractivity contribution in [1.29, 1.82) is 0 Å². The van der Waals surface area contributed by atoms with Crippen molar-refractivity contribution in [3.05, 3.63) is 30.3 Å². The second kappa shape index (κ2) is 9.55. The Morgan fingerprint density at radius 3 is 1.97 bits per heavy atom. The molecule has 0 aliphatic rings. The van der Waals surface area contributed by atoms with Gasteiger partial charge in [-0.3, -0.25) is 4.79 Å². The molecule has 30 heavy (non-hydrogen) atoms. The second-order valence-corrected chi connectivity index (χ2v) is 7.58. The molecule has 1 unspecified atom stereocenters. The number of hydrogen-bond donors (Lipinski definition) is 2. The van der Waals surface area contributed by atoms with Crippen LogP contribution in [0.1, 0.15) is 6.92 Å². The van der Waals surface area contributed by atoms with Crippen LogP contribution in [-0.2, 0) is 14.9 Å². The Kier molecular flexibility index (Phi) is 7.35. The van der Waals surface area contributed by atoms with Gasteiger partial charge >= 0.3 is 10.1 Å². The van der Waals surface area contributed by atoms with E-state index in [4.69, 9.17) is 28.9 Å². The lowest BCUT2D eigenvalue weighted by Crippen LogP contribution is -2.32. The topological polar surface area (TPSA) is 135 Å². The molecule has 11 heteroatoms. The lowest BCUT2D eigenvalue weighted by atomic mass is 10.2. The molecule has 0 saturated heterocycles. The molecule has 0 saturated carbocycles. The van der Waals surface area contributed by atoms with Crippen molar-refractivity contribution in [2.24, 2.45) is 5.73 Å². The largest absolute Gasteiger partial charge is 0.495 e. The van der Waals surface area contributed by atoms with E-state index in [9.17, 15) is 13.2 Å². The summed E-state index contributed by atoms with van der Waals surface area (Å²) >= 11 is 0. The lowest BCUT2D eigenvalue weighted by Gasteiger charge is -2.16. The van der Waals surface area contributed by atoms with Crippen LogP contribution < -0.4 is 34.2 Å². The molecule has 0 aliphatic heterocycles. The third-order valence-corrected chi connectivity index (χ3v) is 5.22. The molecule has 0 aromatic heterocycles. The zero-order valence-electron chi connectivity index (χ0n) is 17.2. The molecular formula is C19H24N2O8S. The Morgan fingerprint density at radius 2 is 1.50 bits per heavy atom. The molecule has 10 nitrogen and oxygen atoms in total. The predicted molar refractivity (Wildman–Crippen MR) is 109 cm³/mol. The van der Waals surface area contributed by atoms with Gasteiger partial charge in [0.15, 0.2) is 17.2 Å². The van der Waals surface area contributed by atoms with Crippen LogP contribution in [0.4, 0.5) is 5.69 Å². The van der Waals surface area contributed by atoms with Gasteiger partial charge in [-0.1, -0.05) is 0 Å². The standard InChI is InChI=1S/C19H24N2O8S/c1-11(20)19(22)21-14-10-13(6-7-15(14)25-2)30(23,24)29-12-8-16(26-3)18(28-5)17(9-12)27-4/h6-11H,20H2,1-5H3,(H,21,22). The Morgan fingerprint density at radius 1 is 0.933 bits per heavy atom. The SMILES string of the molecule is COc1ccc(S(=O)(=O)Oc2cc(OC)c(OC)c(OC)c2)cc1NC(=O)C(C)N. The Hall–Kier alpha value is -3.18. The number of benzene rings is 2.